The Morgan fingerprint density at radius 3 is 2.61 bits per heavy atom. The standard InChI is InChI=1S/C24H31N5O6S/c1-15-6-7-16-14-35-21-9-8-17(29-36(2,33)34)12-18(21)23(31)28-19(5-3-4-10-25)24(32)26-13-22(30)27-20(16)11-15/h6-9,11-12,19,29H,3-5,10,13-14,25H2,1-2H3,(H,26,32)(H,27,30)(H,28,31). The van der Waals surface area contributed by atoms with Gasteiger partial charge in [0.25, 0.3) is 5.91 Å². The van der Waals surface area contributed by atoms with Crippen molar-refractivity contribution in [1.29, 1.82) is 0 Å². The van der Waals surface area contributed by atoms with Crippen LogP contribution < -0.4 is 31.1 Å². The topological polar surface area (TPSA) is 169 Å². The molecule has 0 radical (unpaired) electrons. The number of benzene rings is 2. The van der Waals surface area contributed by atoms with Crippen molar-refractivity contribution < 1.29 is 27.5 Å². The lowest BCUT2D eigenvalue weighted by Crippen LogP contribution is -2.48. The van der Waals surface area contributed by atoms with E-state index < -0.39 is 33.8 Å². The number of hydrogen-bond donors (Lipinski definition) is 5. The molecule has 6 N–H and O–H groups in total. The van der Waals surface area contributed by atoms with Crippen LogP contribution in [0, 0.1) is 6.92 Å². The molecule has 0 saturated heterocycles. The van der Waals surface area contributed by atoms with Gasteiger partial charge in [-0.25, -0.2) is 8.42 Å². The van der Waals surface area contributed by atoms with Crippen LogP contribution in [0.1, 0.15) is 40.7 Å². The highest BCUT2D eigenvalue weighted by atomic mass is 32.2. The predicted molar refractivity (Wildman–Crippen MR) is 136 cm³/mol. The first-order chi connectivity index (χ1) is 17.1. The second-order valence-corrected chi connectivity index (χ2v) is 10.4. The van der Waals surface area contributed by atoms with Crippen molar-refractivity contribution in [3.63, 3.8) is 0 Å². The van der Waals surface area contributed by atoms with Crippen LogP contribution in [-0.2, 0) is 26.2 Å². The summed E-state index contributed by atoms with van der Waals surface area (Å²) >= 11 is 0. The normalized spacial score (nSPS) is 16.9. The van der Waals surface area contributed by atoms with Crippen molar-refractivity contribution >= 4 is 39.1 Å². The van der Waals surface area contributed by atoms with Crippen molar-refractivity contribution in [1.82, 2.24) is 10.6 Å². The van der Waals surface area contributed by atoms with E-state index in [-0.39, 0.29) is 30.2 Å². The Labute approximate surface area is 210 Å². The number of aryl methyl sites for hydroxylation is 1. The largest absolute Gasteiger partial charge is 0.488 e. The first-order valence-corrected chi connectivity index (χ1v) is 13.4. The van der Waals surface area contributed by atoms with Crippen molar-refractivity contribution in [2.75, 3.05) is 29.4 Å². The van der Waals surface area contributed by atoms with Gasteiger partial charge in [0.1, 0.15) is 18.4 Å². The summed E-state index contributed by atoms with van der Waals surface area (Å²) in [5, 5.41) is 8.06. The molecule has 36 heavy (non-hydrogen) atoms. The number of unbranched alkanes of at least 4 members (excludes halogenated alkanes) is 1. The van der Waals surface area contributed by atoms with Gasteiger partial charge < -0.3 is 26.4 Å². The molecule has 12 heteroatoms. The minimum Gasteiger partial charge on any atom is -0.488 e. The zero-order valence-electron chi connectivity index (χ0n) is 20.2. The Morgan fingerprint density at radius 2 is 1.89 bits per heavy atom. The molecule has 0 bridgehead atoms. The monoisotopic (exact) mass is 517 g/mol. The van der Waals surface area contributed by atoms with E-state index in [1.807, 2.05) is 13.0 Å². The van der Waals surface area contributed by atoms with E-state index in [1.54, 1.807) is 12.1 Å². The van der Waals surface area contributed by atoms with Crippen LogP contribution in [0.15, 0.2) is 36.4 Å². The lowest BCUT2D eigenvalue weighted by Gasteiger charge is -2.21. The van der Waals surface area contributed by atoms with Crippen molar-refractivity contribution in [2.24, 2.45) is 5.73 Å². The number of amides is 3. The number of nitrogens with two attached hydrogens (primary N) is 1. The van der Waals surface area contributed by atoms with Gasteiger partial charge in [0.2, 0.25) is 21.8 Å². The van der Waals surface area contributed by atoms with E-state index in [0.29, 0.717) is 37.1 Å². The molecule has 1 atom stereocenters. The maximum absolute atomic E-state index is 13.3. The molecule has 194 valence electrons. The molecule has 2 aromatic carbocycles. The van der Waals surface area contributed by atoms with Crippen molar-refractivity contribution in [3.8, 4) is 5.75 Å². The smallest absolute Gasteiger partial charge is 0.255 e. The van der Waals surface area contributed by atoms with E-state index in [1.165, 1.54) is 18.2 Å². The first-order valence-electron chi connectivity index (χ1n) is 11.5. The van der Waals surface area contributed by atoms with Crippen LogP contribution in [0.3, 0.4) is 0 Å². The van der Waals surface area contributed by atoms with Gasteiger partial charge in [-0.2, -0.15) is 0 Å². The fraction of sp³-hybridized carbons (Fsp3) is 0.375. The number of nitrogens with one attached hydrogen (secondary N) is 4. The van der Waals surface area contributed by atoms with E-state index in [0.717, 1.165) is 11.8 Å². The van der Waals surface area contributed by atoms with Crippen LogP contribution in [0.4, 0.5) is 11.4 Å². The average Bonchev–Trinajstić information content (AvgIpc) is 2.80. The number of carbonyl (C=O) groups is 3. The molecule has 2 aromatic rings. The molecule has 11 nitrogen and oxygen atoms in total. The fourth-order valence-corrected chi connectivity index (χ4v) is 4.24. The molecule has 3 amide bonds. The van der Waals surface area contributed by atoms with Crippen LogP contribution in [0.25, 0.3) is 0 Å². The summed E-state index contributed by atoms with van der Waals surface area (Å²) in [4.78, 5) is 38.7. The van der Waals surface area contributed by atoms with Gasteiger partial charge in [0.15, 0.2) is 0 Å². The zero-order chi connectivity index (χ0) is 26.3. The molecule has 1 heterocycles. The van der Waals surface area contributed by atoms with Gasteiger partial charge in [-0.3, -0.25) is 19.1 Å². The second-order valence-electron chi connectivity index (χ2n) is 8.61. The number of fused-ring (bicyclic) bond motifs is 2. The molecular weight excluding hydrogens is 486 g/mol. The van der Waals surface area contributed by atoms with Gasteiger partial charge in [-0.15, -0.1) is 0 Å². The number of ether oxygens (including phenoxy) is 1. The molecule has 1 aliphatic rings. The maximum atomic E-state index is 13.3. The molecule has 0 fully saturated rings. The van der Waals surface area contributed by atoms with Gasteiger partial charge >= 0.3 is 0 Å². The molecule has 0 aromatic heterocycles. The SMILES string of the molecule is Cc1ccc2c(c1)NC(=O)CNC(=O)C(CCCCN)NC(=O)c1cc(NS(C)(=O)=O)ccc1OC2. The Hall–Kier alpha value is -3.64. The minimum atomic E-state index is -3.59. The quantitative estimate of drug-likeness (QED) is 0.359. The summed E-state index contributed by atoms with van der Waals surface area (Å²) in [5.41, 5.74) is 7.87. The van der Waals surface area contributed by atoms with Crippen molar-refractivity contribution in [3.05, 3.63) is 53.1 Å². The van der Waals surface area contributed by atoms with Crippen LogP contribution >= 0.6 is 0 Å². The van der Waals surface area contributed by atoms with Gasteiger partial charge in [-0.05, 0) is 62.6 Å². The highest BCUT2D eigenvalue weighted by Gasteiger charge is 2.25. The van der Waals surface area contributed by atoms with Crippen LogP contribution in [-0.4, -0.2) is 51.5 Å². The average molecular weight is 518 g/mol. The molecule has 1 unspecified atom stereocenters. The minimum absolute atomic E-state index is 0.0291. The van der Waals surface area contributed by atoms with Crippen molar-refractivity contribution in [2.45, 2.75) is 38.8 Å². The fourth-order valence-electron chi connectivity index (χ4n) is 3.68. The maximum Gasteiger partial charge on any atom is 0.255 e. The number of rotatable bonds is 6. The van der Waals surface area contributed by atoms with E-state index >= 15 is 0 Å². The summed E-state index contributed by atoms with van der Waals surface area (Å²) in [7, 11) is -3.59. The highest BCUT2D eigenvalue weighted by molar-refractivity contribution is 7.92. The lowest BCUT2D eigenvalue weighted by atomic mass is 10.1. The predicted octanol–water partition coefficient (Wildman–Crippen LogP) is 1.24. The Kier molecular flexibility index (Phi) is 8.88. The van der Waals surface area contributed by atoms with Crippen LogP contribution in [0.2, 0.25) is 0 Å². The number of carbonyl (C=O) groups excluding carboxylic acids is 3. The molecular formula is C24H31N5O6S. The lowest BCUT2D eigenvalue weighted by molar-refractivity contribution is -0.125. The van der Waals surface area contributed by atoms with Gasteiger partial charge in [0.05, 0.1) is 18.4 Å². The van der Waals surface area contributed by atoms with Crippen LogP contribution in [0.5, 0.6) is 5.75 Å². The third-order valence-corrected chi connectivity index (χ3v) is 6.05. The Morgan fingerprint density at radius 1 is 1.11 bits per heavy atom. The van der Waals surface area contributed by atoms with Gasteiger partial charge in [0, 0.05) is 16.9 Å². The summed E-state index contributed by atoms with van der Waals surface area (Å²) in [6.45, 7) is 2.06. The van der Waals surface area contributed by atoms with Gasteiger partial charge in [-0.1, -0.05) is 12.1 Å². The number of sulfonamides is 1. The Bertz CT molecular complexity index is 1250. The van der Waals surface area contributed by atoms with E-state index in [9.17, 15) is 22.8 Å². The Balaban J connectivity index is 2.02. The number of hydrogen-bond acceptors (Lipinski definition) is 7. The van der Waals surface area contributed by atoms with E-state index in [2.05, 4.69) is 20.7 Å². The summed E-state index contributed by atoms with van der Waals surface area (Å²) in [6, 6.07) is 8.80. The number of anilines is 2. The summed E-state index contributed by atoms with van der Waals surface area (Å²) in [5.74, 6) is -1.38. The summed E-state index contributed by atoms with van der Waals surface area (Å²) in [6.07, 6.45) is 2.53. The highest BCUT2D eigenvalue weighted by Crippen LogP contribution is 2.27. The molecule has 0 saturated carbocycles. The zero-order valence-corrected chi connectivity index (χ0v) is 21.0. The van der Waals surface area contributed by atoms with E-state index in [4.69, 9.17) is 10.5 Å². The molecule has 1 aliphatic heterocycles. The molecule has 0 spiro atoms. The third-order valence-electron chi connectivity index (χ3n) is 5.44. The second kappa shape index (κ2) is 11.9. The first kappa shape index (κ1) is 27.0. The summed E-state index contributed by atoms with van der Waals surface area (Å²) < 4.78 is 31.7. The molecule has 0 aliphatic carbocycles. The third kappa shape index (κ3) is 7.68. The molecule has 3 rings (SSSR count).